The van der Waals surface area contributed by atoms with Crippen molar-refractivity contribution in [3.05, 3.63) is 29.8 Å². The molecule has 3 heteroatoms. The van der Waals surface area contributed by atoms with E-state index in [2.05, 4.69) is 0 Å². The van der Waals surface area contributed by atoms with Gasteiger partial charge in [0.15, 0.2) is 0 Å². The van der Waals surface area contributed by atoms with Crippen LogP contribution in [0.25, 0.3) is 0 Å². The first-order valence-corrected chi connectivity index (χ1v) is 5.05. The number of nitrogens with zero attached hydrogens (tertiary/aromatic N) is 1. The lowest BCUT2D eigenvalue weighted by atomic mass is 9.95. The zero-order valence-electron chi connectivity index (χ0n) is 8.43. The van der Waals surface area contributed by atoms with Crippen LogP contribution in [-0.4, -0.2) is 19.2 Å². The van der Waals surface area contributed by atoms with E-state index in [9.17, 15) is 9.59 Å². The Morgan fingerprint density at radius 1 is 1.47 bits per heavy atom. The van der Waals surface area contributed by atoms with Gasteiger partial charge in [0, 0.05) is 18.7 Å². The summed E-state index contributed by atoms with van der Waals surface area (Å²) in [7, 11) is 1.77. The van der Waals surface area contributed by atoms with Crippen molar-refractivity contribution < 1.29 is 9.59 Å². The molecular weight excluding hydrogens is 190 g/mol. The summed E-state index contributed by atoms with van der Waals surface area (Å²) in [5, 5.41) is 0. The van der Waals surface area contributed by atoms with Crippen LogP contribution in [0.5, 0.6) is 0 Å². The Labute approximate surface area is 87.7 Å². The molecule has 1 aliphatic heterocycles. The van der Waals surface area contributed by atoms with Crippen molar-refractivity contribution in [1.82, 2.24) is 0 Å². The number of anilines is 1. The van der Waals surface area contributed by atoms with E-state index in [-0.39, 0.29) is 11.8 Å². The summed E-state index contributed by atoms with van der Waals surface area (Å²) in [4.78, 5) is 24.6. The third-order valence-corrected chi connectivity index (χ3v) is 3.61. The topological polar surface area (TPSA) is 37.4 Å². The van der Waals surface area contributed by atoms with Crippen molar-refractivity contribution in [1.29, 1.82) is 0 Å². The molecule has 76 valence electrons. The molecule has 0 N–H and O–H groups in total. The second-order valence-electron chi connectivity index (χ2n) is 4.30. The number of fused-ring (bicyclic) bond motifs is 2. The maximum atomic E-state index is 12.1. The van der Waals surface area contributed by atoms with Crippen LogP contribution in [0, 0.1) is 5.92 Å². The third kappa shape index (κ3) is 0.814. The Morgan fingerprint density at radius 2 is 2.20 bits per heavy atom. The fraction of sp³-hybridized carbons (Fsp3) is 0.333. The van der Waals surface area contributed by atoms with Gasteiger partial charge in [-0.2, -0.15) is 0 Å². The average Bonchev–Trinajstić information content (AvgIpc) is 2.98. The van der Waals surface area contributed by atoms with Crippen LogP contribution in [0.1, 0.15) is 12.0 Å². The molecule has 3 rings (SSSR count). The molecule has 15 heavy (non-hydrogen) atoms. The van der Waals surface area contributed by atoms with Gasteiger partial charge in [-0.1, -0.05) is 18.2 Å². The number of hydrogen-bond acceptors (Lipinski definition) is 2. The largest absolute Gasteiger partial charge is 0.314 e. The minimum Gasteiger partial charge on any atom is -0.314 e. The molecule has 2 aliphatic rings. The van der Waals surface area contributed by atoms with E-state index in [0.29, 0.717) is 6.42 Å². The summed E-state index contributed by atoms with van der Waals surface area (Å²) in [6.45, 7) is 0. The summed E-state index contributed by atoms with van der Waals surface area (Å²) >= 11 is 0. The Kier molecular flexibility index (Phi) is 1.43. The van der Waals surface area contributed by atoms with Crippen molar-refractivity contribution in [2.45, 2.75) is 11.8 Å². The van der Waals surface area contributed by atoms with E-state index in [1.807, 2.05) is 24.3 Å². The predicted octanol–water partition coefficient (Wildman–Crippen LogP) is 1.12. The zero-order valence-corrected chi connectivity index (χ0v) is 8.43. The SMILES string of the molecule is CN1C(=O)C2(CC2C=O)c2ccccc21. The van der Waals surface area contributed by atoms with Crippen LogP contribution in [0.4, 0.5) is 5.69 Å². The number of carbonyl (C=O) groups excluding carboxylic acids is 2. The lowest BCUT2D eigenvalue weighted by Gasteiger charge is -2.09. The molecule has 0 radical (unpaired) electrons. The van der Waals surface area contributed by atoms with Crippen molar-refractivity contribution in [2.24, 2.45) is 5.92 Å². The van der Waals surface area contributed by atoms with Gasteiger partial charge in [0.1, 0.15) is 6.29 Å². The highest BCUT2D eigenvalue weighted by atomic mass is 16.2. The summed E-state index contributed by atoms with van der Waals surface area (Å²) in [5.74, 6) is -0.0445. The highest BCUT2D eigenvalue weighted by Crippen LogP contribution is 2.60. The van der Waals surface area contributed by atoms with Crippen LogP contribution in [0.2, 0.25) is 0 Å². The lowest BCUT2D eigenvalue weighted by Crippen LogP contribution is -2.29. The molecule has 1 aromatic carbocycles. The van der Waals surface area contributed by atoms with Gasteiger partial charge in [-0.25, -0.2) is 0 Å². The molecule has 0 bridgehead atoms. The Balaban J connectivity index is 2.21. The highest BCUT2D eigenvalue weighted by molar-refractivity contribution is 6.12. The van der Waals surface area contributed by atoms with Crippen molar-refractivity contribution in [3.63, 3.8) is 0 Å². The smallest absolute Gasteiger partial charge is 0.238 e. The van der Waals surface area contributed by atoms with Gasteiger partial charge in [0.2, 0.25) is 5.91 Å². The lowest BCUT2D eigenvalue weighted by molar-refractivity contribution is -0.121. The number of hydrogen-bond donors (Lipinski definition) is 0. The zero-order chi connectivity index (χ0) is 10.6. The molecular formula is C12H11NO2. The molecule has 0 aromatic heterocycles. The first kappa shape index (κ1) is 8.65. The quantitative estimate of drug-likeness (QED) is 0.638. The maximum Gasteiger partial charge on any atom is 0.238 e. The molecule has 1 fully saturated rings. The minimum absolute atomic E-state index is 0.0702. The Bertz CT molecular complexity index is 468. The molecule has 1 amide bonds. The molecule has 1 aliphatic carbocycles. The first-order chi connectivity index (χ1) is 7.21. The van der Waals surface area contributed by atoms with E-state index in [1.54, 1.807) is 11.9 Å². The number of rotatable bonds is 1. The standard InChI is InChI=1S/C12H11NO2/c1-13-10-5-3-2-4-9(10)12(11(13)15)6-8(12)7-14/h2-5,7-8H,6H2,1H3. The van der Waals surface area contributed by atoms with E-state index in [0.717, 1.165) is 17.5 Å². The molecule has 3 nitrogen and oxygen atoms in total. The molecule has 0 saturated heterocycles. The van der Waals surface area contributed by atoms with Crippen LogP contribution >= 0.6 is 0 Å². The highest BCUT2D eigenvalue weighted by Gasteiger charge is 2.66. The minimum atomic E-state index is -0.507. The van der Waals surface area contributed by atoms with E-state index < -0.39 is 5.41 Å². The van der Waals surface area contributed by atoms with Crippen LogP contribution in [-0.2, 0) is 15.0 Å². The number of carbonyl (C=O) groups is 2. The number of benzene rings is 1. The number of para-hydroxylation sites is 1. The van der Waals surface area contributed by atoms with E-state index in [4.69, 9.17) is 0 Å². The second kappa shape index (κ2) is 2.48. The summed E-state index contributed by atoms with van der Waals surface area (Å²) in [6, 6.07) is 7.73. The van der Waals surface area contributed by atoms with Crippen LogP contribution in [0.15, 0.2) is 24.3 Å². The fourth-order valence-electron chi connectivity index (χ4n) is 2.68. The predicted molar refractivity (Wildman–Crippen MR) is 55.7 cm³/mol. The molecule has 1 spiro atoms. The van der Waals surface area contributed by atoms with Gasteiger partial charge in [0.05, 0.1) is 5.41 Å². The molecule has 1 saturated carbocycles. The summed E-state index contributed by atoms with van der Waals surface area (Å²) in [5.41, 5.74) is 1.47. The number of aldehydes is 1. The normalized spacial score (nSPS) is 31.9. The van der Waals surface area contributed by atoms with Crippen LogP contribution < -0.4 is 4.90 Å². The average molecular weight is 201 g/mol. The van der Waals surface area contributed by atoms with E-state index >= 15 is 0 Å². The maximum absolute atomic E-state index is 12.1. The molecule has 1 aromatic rings. The van der Waals surface area contributed by atoms with Gasteiger partial charge in [-0.15, -0.1) is 0 Å². The number of likely N-dealkylation sites (N-methyl/N-ethyl adjacent to an activating group) is 1. The van der Waals surface area contributed by atoms with Gasteiger partial charge in [0.25, 0.3) is 0 Å². The molecule has 2 unspecified atom stereocenters. The third-order valence-electron chi connectivity index (χ3n) is 3.61. The first-order valence-electron chi connectivity index (χ1n) is 5.05. The molecule has 1 heterocycles. The van der Waals surface area contributed by atoms with Crippen molar-refractivity contribution in [2.75, 3.05) is 11.9 Å². The Morgan fingerprint density at radius 3 is 2.87 bits per heavy atom. The number of amides is 1. The van der Waals surface area contributed by atoms with Crippen LogP contribution in [0.3, 0.4) is 0 Å². The second-order valence-corrected chi connectivity index (χ2v) is 4.30. The van der Waals surface area contributed by atoms with Crippen molar-refractivity contribution >= 4 is 17.9 Å². The van der Waals surface area contributed by atoms with E-state index in [1.165, 1.54) is 0 Å². The van der Waals surface area contributed by atoms with Gasteiger partial charge < -0.3 is 9.69 Å². The fourth-order valence-corrected chi connectivity index (χ4v) is 2.68. The molecule has 2 atom stereocenters. The monoisotopic (exact) mass is 201 g/mol. The van der Waals surface area contributed by atoms with Crippen molar-refractivity contribution in [3.8, 4) is 0 Å². The van der Waals surface area contributed by atoms with Gasteiger partial charge >= 0.3 is 0 Å². The Hall–Kier alpha value is -1.64. The summed E-state index contributed by atoms with van der Waals surface area (Å²) < 4.78 is 0. The summed E-state index contributed by atoms with van der Waals surface area (Å²) in [6.07, 6.45) is 1.59. The van der Waals surface area contributed by atoms with Gasteiger partial charge in [-0.05, 0) is 18.1 Å². The van der Waals surface area contributed by atoms with Gasteiger partial charge in [-0.3, -0.25) is 4.79 Å².